The van der Waals surface area contributed by atoms with Gasteiger partial charge in [-0.15, -0.1) is 0 Å². The number of aromatic nitrogens is 1. The van der Waals surface area contributed by atoms with Gasteiger partial charge in [-0.25, -0.2) is 5.90 Å². The summed E-state index contributed by atoms with van der Waals surface area (Å²) >= 11 is 0. The van der Waals surface area contributed by atoms with Gasteiger partial charge in [0.2, 0.25) is 0 Å². The third-order valence-electron chi connectivity index (χ3n) is 4.04. The maximum Gasteiger partial charge on any atom is 0.259 e. The highest BCUT2D eigenvalue weighted by atomic mass is 16.6. The van der Waals surface area contributed by atoms with Gasteiger partial charge in [0.1, 0.15) is 0 Å². The van der Waals surface area contributed by atoms with E-state index in [0.717, 1.165) is 21.8 Å². The third-order valence-corrected chi connectivity index (χ3v) is 4.04. The van der Waals surface area contributed by atoms with E-state index in [-0.39, 0.29) is 12.2 Å². The Hall–Kier alpha value is -2.37. The lowest BCUT2D eigenvalue weighted by Crippen LogP contribution is -2.35. The fourth-order valence-corrected chi connectivity index (χ4v) is 2.99. The van der Waals surface area contributed by atoms with Crippen LogP contribution in [0.25, 0.3) is 28.1 Å². The Morgan fingerprint density at radius 1 is 1.18 bits per heavy atom. The number of rotatable bonds is 4. The minimum Gasteiger partial charge on any atom is -0.377 e. The zero-order valence-corrected chi connectivity index (χ0v) is 12.8. The van der Waals surface area contributed by atoms with Crippen LogP contribution in [0, 0.1) is 0 Å². The Morgan fingerprint density at radius 2 is 1.91 bits per heavy atom. The average molecular weight is 297 g/mol. The molecule has 1 heterocycles. The van der Waals surface area contributed by atoms with Crippen LogP contribution in [0.3, 0.4) is 0 Å². The normalized spacial score (nSPS) is 11.4. The Kier molecular flexibility index (Phi) is 3.60. The van der Waals surface area contributed by atoms with Crippen LogP contribution < -0.4 is 21.7 Å². The van der Waals surface area contributed by atoms with Crippen LogP contribution in [0.1, 0.15) is 0 Å². The van der Waals surface area contributed by atoms with Gasteiger partial charge >= 0.3 is 0 Å². The molecule has 5 heteroatoms. The van der Waals surface area contributed by atoms with E-state index < -0.39 is 0 Å². The number of hydrogen-bond donors (Lipinski definition) is 1. The van der Waals surface area contributed by atoms with Gasteiger partial charge in [-0.05, 0) is 12.1 Å². The van der Waals surface area contributed by atoms with E-state index in [1.54, 1.807) is 4.57 Å². The van der Waals surface area contributed by atoms with Gasteiger partial charge in [0.25, 0.3) is 5.56 Å². The maximum atomic E-state index is 12.8. The topological polar surface area (TPSA) is 60.5 Å². The van der Waals surface area contributed by atoms with Gasteiger partial charge in [0.15, 0.2) is 0 Å². The molecule has 2 aromatic carbocycles. The molecule has 0 radical (unpaired) electrons. The molecule has 22 heavy (non-hydrogen) atoms. The van der Waals surface area contributed by atoms with Crippen molar-refractivity contribution in [3.63, 3.8) is 0 Å². The largest absolute Gasteiger partial charge is 0.377 e. The maximum absolute atomic E-state index is 12.8. The van der Waals surface area contributed by atoms with Gasteiger partial charge in [-0.2, -0.15) is 0 Å². The highest BCUT2D eigenvalue weighted by Gasteiger charge is 2.13. The minimum atomic E-state index is -0.0592. The van der Waals surface area contributed by atoms with Crippen molar-refractivity contribution < 1.29 is 4.84 Å². The monoisotopic (exact) mass is 297 g/mol. The van der Waals surface area contributed by atoms with E-state index in [2.05, 4.69) is 17.5 Å². The molecule has 0 unspecified atom stereocenters. The lowest BCUT2D eigenvalue weighted by atomic mass is 10.00. The lowest BCUT2D eigenvalue weighted by molar-refractivity contribution is 0.128. The first-order valence-corrected chi connectivity index (χ1v) is 7.12. The number of benzene rings is 2. The molecule has 114 valence electrons. The average Bonchev–Trinajstić information content (AvgIpc) is 2.51. The molecule has 0 aliphatic rings. The first-order chi connectivity index (χ1) is 10.6. The van der Waals surface area contributed by atoms with Gasteiger partial charge in [-0.1, -0.05) is 24.8 Å². The van der Waals surface area contributed by atoms with Crippen LogP contribution in [0.15, 0.2) is 35.1 Å². The van der Waals surface area contributed by atoms with Crippen LogP contribution in [0.4, 0.5) is 5.69 Å². The second-order valence-corrected chi connectivity index (χ2v) is 5.53. The summed E-state index contributed by atoms with van der Waals surface area (Å²) in [7, 11) is 3.99. The number of nitrogens with zero attached hydrogens (tertiary/aromatic N) is 2. The smallest absolute Gasteiger partial charge is 0.259 e. The van der Waals surface area contributed by atoms with Crippen molar-refractivity contribution in [2.75, 3.05) is 25.6 Å². The van der Waals surface area contributed by atoms with Gasteiger partial charge in [-0.3, -0.25) is 4.79 Å². The Labute approximate surface area is 128 Å². The zero-order valence-electron chi connectivity index (χ0n) is 12.8. The summed E-state index contributed by atoms with van der Waals surface area (Å²) in [4.78, 5) is 19.4. The second kappa shape index (κ2) is 5.44. The minimum absolute atomic E-state index is 0.0592. The Bertz CT molecular complexity index is 911. The van der Waals surface area contributed by atoms with E-state index in [9.17, 15) is 4.79 Å². The molecule has 0 saturated carbocycles. The van der Waals surface area contributed by atoms with Crippen molar-refractivity contribution in [3.05, 3.63) is 46.0 Å². The van der Waals surface area contributed by atoms with Gasteiger partial charge in [0, 0.05) is 46.7 Å². The summed E-state index contributed by atoms with van der Waals surface area (Å²) in [5.41, 5.74) is 1.02. The molecule has 0 bridgehead atoms. The molecule has 0 aliphatic heterocycles. The molecule has 1 aromatic heterocycles. The van der Waals surface area contributed by atoms with E-state index in [1.807, 2.05) is 43.3 Å². The molecular formula is C17H19N3O2. The first kappa shape index (κ1) is 14.6. The summed E-state index contributed by atoms with van der Waals surface area (Å²) in [5, 5.41) is 4.39. The molecule has 0 aliphatic carbocycles. The summed E-state index contributed by atoms with van der Waals surface area (Å²) in [5.74, 6) is 5.09. The van der Waals surface area contributed by atoms with Crippen LogP contribution in [0.5, 0.6) is 0 Å². The summed E-state index contributed by atoms with van der Waals surface area (Å²) in [6.45, 7) is 4.75. The van der Waals surface area contributed by atoms with Crippen molar-refractivity contribution in [2.45, 2.75) is 6.54 Å². The van der Waals surface area contributed by atoms with Crippen molar-refractivity contribution in [1.82, 2.24) is 4.57 Å². The van der Waals surface area contributed by atoms with Crippen molar-refractivity contribution >= 4 is 33.8 Å². The molecule has 2 N–H and O–H groups in total. The molecule has 5 nitrogen and oxygen atoms in total. The standard InChI is InChI=1S/C17H19N3O2/c1-11-12-7-8-15(19(2)3)13-5-4-6-14(16(12)13)17(21)20(11)9-10-22-18/h4-8H,1,9-10,18H2,2-3H3. The van der Waals surface area contributed by atoms with Crippen LogP contribution in [0.2, 0.25) is 0 Å². The highest BCUT2D eigenvalue weighted by Crippen LogP contribution is 2.30. The Balaban J connectivity index is 2.47. The van der Waals surface area contributed by atoms with Crippen LogP contribution in [-0.2, 0) is 11.4 Å². The van der Waals surface area contributed by atoms with E-state index in [4.69, 9.17) is 5.90 Å². The molecular weight excluding hydrogens is 278 g/mol. The van der Waals surface area contributed by atoms with Crippen molar-refractivity contribution in [3.8, 4) is 0 Å². The summed E-state index contributed by atoms with van der Waals surface area (Å²) in [6.07, 6.45) is 0. The number of hydrogen-bond acceptors (Lipinski definition) is 4. The first-order valence-electron chi connectivity index (χ1n) is 7.12. The predicted molar refractivity (Wildman–Crippen MR) is 90.9 cm³/mol. The zero-order chi connectivity index (χ0) is 15.9. The SMILES string of the molecule is C=c1c2ccc(N(C)C)c3cccc(c(=O)n1CCON)c32. The number of nitrogens with two attached hydrogens (primary N) is 1. The van der Waals surface area contributed by atoms with E-state index in [1.165, 1.54) is 0 Å². The summed E-state index contributed by atoms with van der Waals surface area (Å²) < 4.78 is 1.62. The van der Waals surface area contributed by atoms with Crippen molar-refractivity contribution in [1.29, 1.82) is 0 Å². The molecule has 0 fully saturated rings. The lowest BCUT2D eigenvalue weighted by Gasteiger charge is -2.18. The molecule has 3 rings (SSSR count). The van der Waals surface area contributed by atoms with E-state index in [0.29, 0.717) is 17.3 Å². The number of anilines is 1. The molecule has 0 atom stereocenters. The molecule has 0 amide bonds. The van der Waals surface area contributed by atoms with Crippen molar-refractivity contribution in [2.24, 2.45) is 5.90 Å². The fraction of sp³-hybridized carbons (Fsp3) is 0.235. The molecule has 3 aromatic rings. The highest BCUT2D eigenvalue weighted by molar-refractivity contribution is 6.14. The molecule has 0 saturated heterocycles. The summed E-state index contributed by atoms with van der Waals surface area (Å²) in [6, 6.07) is 9.89. The van der Waals surface area contributed by atoms with Gasteiger partial charge in [0.05, 0.1) is 13.2 Å². The second-order valence-electron chi connectivity index (χ2n) is 5.53. The van der Waals surface area contributed by atoms with Crippen LogP contribution in [-0.4, -0.2) is 25.3 Å². The van der Waals surface area contributed by atoms with E-state index >= 15 is 0 Å². The third kappa shape index (κ3) is 2.06. The van der Waals surface area contributed by atoms with Gasteiger partial charge < -0.3 is 14.3 Å². The fourth-order valence-electron chi connectivity index (χ4n) is 2.99. The quantitative estimate of drug-likeness (QED) is 0.736. The number of pyridine rings is 1. The molecule has 0 spiro atoms. The van der Waals surface area contributed by atoms with Crippen LogP contribution >= 0.6 is 0 Å². The predicted octanol–water partition coefficient (Wildman–Crippen LogP) is 1.24. The Morgan fingerprint density at radius 3 is 2.59 bits per heavy atom.